The minimum absolute atomic E-state index is 0.497. The van der Waals surface area contributed by atoms with Gasteiger partial charge < -0.3 is 15.8 Å². The molecular weight excluding hydrogens is 148 g/mol. The van der Waals surface area contributed by atoms with Crippen LogP contribution in [0.1, 0.15) is 12.8 Å². The van der Waals surface area contributed by atoms with Crippen LogP contribution in [0.4, 0.5) is 4.79 Å². The number of carbonyl (C=O) groups is 2. The SMILES string of the molecule is COC(=O)NC1(C(N)=O)CC1. The summed E-state index contributed by atoms with van der Waals surface area (Å²) in [5.74, 6) is -0.497. The van der Waals surface area contributed by atoms with Crippen molar-refractivity contribution in [1.29, 1.82) is 0 Å². The van der Waals surface area contributed by atoms with E-state index < -0.39 is 17.5 Å². The van der Waals surface area contributed by atoms with Gasteiger partial charge in [0.05, 0.1) is 7.11 Å². The summed E-state index contributed by atoms with van der Waals surface area (Å²) in [7, 11) is 1.24. The lowest BCUT2D eigenvalue weighted by atomic mass is 10.3. The lowest BCUT2D eigenvalue weighted by molar-refractivity contribution is -0.120. The molecule has 1 fully saturated rings. The molecule has 0 aliphatic heterocycles. The van der Waals surface area contributed by atoms with Crippen LogP contribution in [0.25, 0.3) is 0 Å². The Morgan fingerprint density at radius 3 is 2.36 bits per heavy atom. The highest BCUT2D eigenvalue weighted by Gasteiger charge is 2.50. The molecule has 2 amide bonds. The predicted octanol–water partition coefficient (Wildman–Crippen LogP) is -0.640. The van der Waals surface area contributed by atoms with Gasteiger partial charge in [-0.2, -0.15) is 0 Å². The smallest absolute Gasteiger partial charge is 0.407 e. The molecule has 1 saturated carbocycles. The van der Waals surface area contributed by atoms with E-state index in [0.29, 0.717) is 12.8 Å². The molecule has 5 heteroatoms. The fourth-order valence-electron chi connectivity index (χ4n) is 0.804. The first-order chi connectivity index (χ1) is 5.10. The average molecular weight is 158 g/mol. The van der Waals surface area contributed by atoms with Crippen molar-refractivity contribution in [2.24, 2.45) is 5.73 Å². The highest BCUT2D eigenvalue weighted by atomic mass is 16.5. The van der Waals surface area contributed by atoms with Crippen molar-refractivity contribution in [3.05, 3.63) is 0 Å². The van der Waals surface area contributed by atoms with Crippen LogP contribution in [0.15, 0.2) is 0 Å². The lowest BCUT2D eigenvalue weighted by Gasteiger charge is -2.11. The maximum Gasteiger partial charge on any atom is 0.407 e. The largest absolute Gasteiger partial charge is 0.453 e. The van der Waals surface area contributed by atoms with E-state index in [4.69, 9.17) is 5.73 Å². The van der Waals surface area contributed by atoms with Crippen molar-refractivity contribution in [2.45, 2.75) is 18.4 Å². The normalized spacial score (nSPS) is 18.6. The van der Waals surface area contributed by atoms with Crippen LogP contribution in [-0.4, -0.2) is 24.6 Å². The first kappa shape index (κ1) is 7.84. The number of alkyl carbamates (subject to hydrolysis) is 1. The van der Waals surface area contributed by atoms with Gasteiger partial charge in [0, 0.05) is 0 Å². The predicted molar refractivity (Wildman–Crippen MR) is 36.7 cm³/mol. The maximum absolute atomic E-state index is 10.7. The van der Waals surface area contributed by atoms with Crippen molar-refractivity contribution in [3.63, 3.8) is 0 Å². The summed E-state index contributed by atoms with van der Waals surface area (Å²) in [6, 6.07) is 0. The molecule has 0 aromatic rings. The zero-order valence-corrected chi connectivity index (χ0v) is 6.22. The number of rotatable bonds is 2. The first-order valence-electron chi connectivity index (χ1n) is 3.27. The second-order valence-electron chi connectivity index (χ2n) is 2.56. The number of nitrogens with one attached hydrogen (secondary N) is 1. The summed E-state index contributed by atoms with van der Waals surface area (Å²) in [6.07, 6.45) is 0.607. The minimum atomic E-state index is -0.812. The van der Waals surface area contributed by atoms with E-state index in [-0.39, 0.29) is 0 Å². The molecule has 0 saturated heterocycles. The Bertz CT molecular complexity index is 198. The second kappa shape index (κ2) is 2.41. The fraction of sp³-hybridized carbons (Fsp3) is 0.667. The third-order valence-electron chi connectivity index (χ3n) is 1.75. The van der Waals surface area contributed by atoms with Crippen LogP contribution in [0, 0.1) is 0 Å². The highest BCUT2D eigenvalue weighted by Crippen LogP contribution is 2.34. The maximum atomic E-state index is 10.7. The van der Waals surface area contributed by atoms with Crippen molar-refractivity contribution in [3.8, 4) is 0 Å². The van der Waals surface area contributed by atoms with Crippen molar-refractivity contribution >= 4 is 12.0 Å². The van der Waals surface area contributed by atoms with Crippen LogP contribution in [0.3, 0.4) is 0 Å². The Balaban J connectivity index is 2.48. The van der Waals surface area contributed by atoms with Gasteiger partial charge in [-0.05, 0) is 12.8 Å². The Morgan fingerprint density at radius 1 is 1.55 bits per heavy atom. The Morgan fingerprint density at radius 2 is 2.09 bits per heavy atom. The molecule has 1 aliphatic rings. The summed E-state index contributed by atoms with van der Waals surface area (Å²) < 4.78 is 4.32. The van der Waals surface area contributed by atoms with E-state index in [9.17, 15) is 9.59 Å². The van der Waals surface area contributed by atoms with E-state index >= 15 is 0 Å². The van der Waals surface area contributed by atoms with Crippen LogP contribution in [0.2, 0.25) is 0 Å². The third-order valence-corrected chi connectivity index (χ3v) is 1.75. The molecule has 1 rings (SSSR count). The molecule has 62 valence electrons. The molecule has 1 aliphatic carbocycles. The zero-order chi connectivity index (χ0) is 8.48. The molecule has 0 atom stereocenters. The molecule has 0 spiro atoms. The monoisotopic (exact) mass is 158 g/mol. The van der Waals surface area contributed by atoms with Gasteiger partial charge in [-0.3, -0.25) is 4.79 Å². The number of nitrogens with two attached hydrogens (primary N) is 1. The molecule has 0 unspecified atom stereocenters. The highest BCUT2D eigenvalue weighted by molar-refractivity contribution is 5.91. The van der Waals surface area contributed by atoms with Crippen LogP contribution in [-0.2, 0) is 9.53 Å². The van der Waals surface area contributed by atoms with Crippen molar-refractivity contribution in [1.82, 2.24) is 5.32 Å². The summed E-state index contributed by atoms with van der Waals surface area (Å²) in [6.45, 7) is 0. The van der Waals surface area contributed by atoms with E-state index in [1.54, 1.807) is 0 Å². The van der Waals surface area contributed by atoms with Crippen molar-refractivity contribution < 1.29 is 14.3 Å². The van der Waals surface area contributed by atoms with Gasteiger partial charge in [0.25, 0.3) is 0 Å². The van der Waals surface area contributed by atoms with Gasteiger partial charge in [-0.25, -0.2) is 4.79 Å². The topological polar surface area (TPSA) is 81.4 Å². The number of amides is 2. The van der Waals surface area contributed by atoms with Crippen LogP contribution < -0.4 is 11.1 Å². The van der Waals surface area contributed by atoms with Gasteiger partial charge >= 0.3 is 6.09 Å². The molecule has 11 heavy (non-hydrogen) atoms. The molecule has 0 heterocycles. The minimum Gasteiger partial charge on any atom is -0.453 e. The average Bonchev–Trinajstić information content (AvgIpc) is 2.69. The molecule has 5 nitrogen and oxygen atoms in total. The molecule has 3 N–H and O–H groups in total. The van der Waals surface area contributed by atoms with Gasteiger partial charge in [-0.1, -0.05) is 0 Å². The zero-order valence-electron chi connectivity index (χ0n) is 6.22. The standard InChI is InChI=1S/C6H10N2O3/c1-11-5(10)8-6(2-3-6)4(7)9/h2-3H2,1H3,(H2,7,9)(H,8,10). The van der Waals surface area contributed by atoms with E-state index in [2.05, 4.69) is 10.1 Å². The third kappa shape index (κ3) is 1.42. The van der Waals surface area contributed by atoms with E-state index in [1.165, 1.54) is 7.11 Å². The van der Waals surface area contributed by atoms with Crippen LogP contribution >= 0.6 is 0 Å². The Hall–Kier alpha value is -1.26. The molecular formula is C6H10N2O3. The molecule has 0 aromatic carbocycles. The summed E-state index contributed by atoms with van der Waals surface area (Å²) in [4.78, 5) is 21.3. The van der Waals surface area contributed by atoms with Gasteiger partial charge in [0.15, 0.2) is 0 Å². The Labute approximate surface area is 63.9 Å². The van der Waals surface area contributed by atoms with Crippen molar-refractivity contribution in [2.75, 3.05) is 7.11 Å². The van der Waals surface area contributed by atoms with E-state index in [0.717, 1.165) is 0 Å². The lowest BCUT2D eigenvalue weighted by Crippen LogP contribution is -2.46. The summed E-state index contributed by atoms with van der Waals surface area (Å²) >= 11 is 0. The van der Waals surface area contributed by atoms with Gasteiger partial charge in [0.1, 0.15) is 5.54 Å². The number of primary amides is 1. The summed E-state index contributed by atoms with van der Waals surface area (Å²) in [5.41, 5.74) is 4.21. The van der Waals surface area contributed by atoms with Gasteiger partial charge in [0.2, 0.25) is 5.91 Å². The molecule has 0 radical (unpaired) electrons. The number of ether oxygens (including phenoxy) is 1. The quantitative estimate of drug-likeness (QED) is 0.560. The van der Waals surface area contributed by atoms with Gasteiger partial charge in [-0.15, -0.1) is 0 Å². The second-order valence-corrected chi connectivity index (χ2v) is 2.56. The number of carbonyl (C=O) groups excluding carboxylic acids is 2. The molecule has 0 bridgehead atoms. The first-order valence-corrected chi connectivity index (χ1v) is 3.27. The van der Waals surface area contributed by atoms with Crippen LogP contribution in [0.5, 0.6) is 0 Å². The number of hydrogen-bond acceptors (Lipinski definition) is 3. The Kier molecular flexibility index (Phi) is 1.72. The number of methoxy groups -OCH3 is 1. The summed E-state index contributed by atoms with van der Waals surface area (Å²) in [5, 5.41) is 2.38. The fourth-order valence-corrected chi connectivity index (χ4v) is 0.804. The number of hydrogen-bond donors (Lipinski definition) is 2. The van der Waals surface area contributed by atoms with E-state index in [1.807, 2.05) is 0 Å². The molecule has 0 aromatic heterocycles.